The van der Waals surface area contributed by atoms with E-state index >= 15 is 0 Å². The molecule has 2 rings (SSSR count). The van der Waals surface area contributed by atoms with Crippen molar-refractivity contribution in [1.82, 2.24) is 10.2 Å². The van der Waals surface area contributed by atoms with Gasteiger partial charge in [0.1, 0.15) is 5.76 Å². The molecular formula is C14H24N2O2. The summed E-state index contributed by atoms with van der Waals surface area (Å²) in [5, 5.41) is 3.39. The molecule has 102 valence electrons. The van der Waals surface area contributed by atoms with Gasteiger partial charge in [0.05, 0.1) is 18.9 Å². The van der Waals surface area contributed by atoms with E-state index in [1.807, 2.05) is 6.26 Å². The molecule has 1 aliphatic rings. The lowest BCUT2D eigenvalue weighted by atomic mass is 10.3. The first-order valence-electron chi connectivity index (χ1n) is 6.72. The van der Waals surface area contributed by atoms with E-state index < -0.39 is 0 Å². The highest BCUT2D eigenvalue weighted by molar-refractivity contribution is 5.12. The first-order valence-corrected chi connectivity index (χ1v) is 6.72. The number of nitrogens with one attached hydrogen (secondary N) is 1. The van der Waals surface area contributed by atoms with Crippen molar-refractivity contribution in [3.63, 3.8) is 0 Å². The molecule has 0 aliphatic carbocycles. The summed E-state index contributed by atoms with van der Waals surface area (Å²) in [6.07, 6.45) is 3.37. The van der Waals surface area contributed by atoms with E-state index in [-0.39, 0.29) is 0 Å². The van der Waals surface area contributed by atoms with Crippen LogP contribution in [0.3, 0.4) is 0 Å². The van der Waals surface area contributed by atoms with Crippen LogP contribution in [0.2, 0.25) is 0 Å². The summed E-state index contributed by atoms with van der Waals surface area (Å²) in [4.78, 5) is 2.38. The van der Waals surface area contributed by atoms with Crippen LogP contribution in [-0.2, 0) is 17.8 Å². The molecule has 1 atom stereocenters. The molecule has 1 fully saturated rings. The highest BCUT2D eigenvalue weighted by Gasteiger charge is 2.22. The average molecular weight is 252 g/mol. The fraction of sp³-hybridized carbons (Fsp3) is 0.714. The number of methoxy groups -OCH3 is 1. The van der Waals surface area contributed by atoms with Crippen LogP contribution in [0.4, 0.5) is 0 Å². The van der Waals surface area contributed by atoms with Crippen molar-refractivity contribution in [3.8, 4) is 0 Å². The van der Waals surface area contributed by atoms with Crippen molar-refractivity contribution in [3.05, 3.63) is 23.7 Å². The lowest BCUT2D eigenvalue weighted by Crippen LogP contribution is -2.22. The molecule has 0 saturated carbocycles. The zero-order valence-electron chi connectivity index (χ0n) is 11.6. The monoisotopic (exact) mass is 252 g/mol. The molecule has 4 nitrogen and oxygen atoms in total. The lowest BCUT2D eigenvalue weighted by molar-refractivity contribution is 0.106. The highest BCUT2D eigenvalue weighted by atomic mass is 16.5. The molecule has 0 spiro atoms. The smallest absolute Gasteiger partial charge is 0.118 e. The zero-order valence-corrected chi connectivity index (χ0v) is 11.6. The van der Waals surface area contributed by atoms with Crippen molar-refractivity contribution < 1.29 is 9.15 Å². The number of furan rings is 1. The molecule has 0 bridgehead atoms. The van der Waals surface area contributed by atoms with Gasteiger partial charge in [-0.05, 0) is 12.5 Å². The van der Waals surface area contributed by atoms with Gasteiger partial charge in [-0.3, -0.25) is 4.90 Å². The largest absolute Gasteiger partial charge is 0.468 e. The quantitative estimate of drug-likeness (QED) is 0.840. The molecule has 0 aromatic carbocycles. The normalized spacial score (nSPS) is 21.0. The third kappa shape index (κ3) is 3.83. The molecule has 18 heavy (non-hydrogen) atoms. The van der Waals surface area contributed by atoms with Crippen molar-refractivity contribution in [1.29, 1.82) is 0 Å². The minimum Gasteiger partial charge on any atom is -0.468 e. The highest BCUT2D eigenvalue weighted by Crippen LogP contribution is 2.17. The second-order valence-electron chi connectivity index (χ2n) is 5.34. The topological polar surface area (TPSA) is 37.6 Å². The predicted molar refractivity (Wildman–Crippen MR) is 71.4 cm³/mol. The number of ether oxygens (including phenoxy) is 1. The number of hydrogen-bond acceptors (Lipinski definition) is 4. The third-order valence-electron chi connectivity index (χ3n) is 3.36. The standard InChI is InChI=1S/C14H24N2O2/c1-11(2)15-7-12-6-14(18-10-12)9-16-5-4-13(8-16)17-3/h6,10-11,13,15H,4-5,7-9H2,1-3H3. The third-order valence-corrected chi connectivity index (χ3v) is 3.36. The molecule has 4 heteroatoms. The molecule has 2 heterocycles. The van der Waals surface area contributed by atoms with E-state index in [1.165, 1.54) is 5.56 Å². The Bertz CT molecular complexity index is 362. The van der Waals surface area contributed by atoms with Gasteiger partial charge in [0.15, 0.2) is 0 Å². The second-order valence-corrected chi connectivity index (χ2v) is 5.34. The first-order chi connectivity index (χ1) is 8.67. The van der Waals surface area contributed by atoms with Crippen LogP contribution in [0.5, 0.6) is 0 Å². The Morgan fingerprint density at radius 2 is 2.39 bits per heavy atom. The van der Waals surface area contributed by atoms with Gasteiger partial charge >= 0.3 is 0 Å². The van der Waals surface area contributed by atoms with E-state index in [0.29, 0.717) is 12.1 Å². The zero-order chi connectivity index (χ0) is 13.0. The van der Waals surface area contributed by atoms with Gasteiger partial charge in [-0.1, -0.05) is 13.8 Å². The number of nitrogens with zero attached hydrogens (tertiary/aromatic N) is 1. The number of rotatable bonds is 6. The van der Waals surface area contributed by atoms with Crippen LogP contribution in [-0.4, -0.2) is 37.2 Å². The summed E-state index contributed by atoms with van der Waals surface area (Å²) in [6, 6.07) is 2.65. The van der Waals surface area contributed by atoms with Crippen molar-refractivity contribution in [2.75, 3.05) is 20.2 Å². The first kappa shape index (κ1) is 13.6. The van der Waals surface area contributed by atoms with Crippen LogP contribution in [0, 0.1) is 0 Å². The Hall–Kier alpha value is -0.840. The summed E-state index contributed by atoms with van der Waals surface area (Å²) in [5.74, 6) is 1.05. The fourth-order valence-electron chi connectivity index (χ4n) is 2.28. The molecule has 0 amide bonds. The van der Waals surface area contributed by atoms with Gasteiger partial charge in [-0.2, -0.15) is 0 Å². The van der Waals surface area contributed by atoms with E-state index in [0.717, 1.165) is 38.4 Å². The molecule has 1 unspecified atom stereocenters. The SMILES string of the molecule is COC1CCN(Cc2cc(CNC(C)C)co2)C1. The van der Waals surface area contributed by atoms with E-state index in [2.05, 4.69) is 30.1 Å². The molecule has 1 aromatic heterocycles. The van der Waals surface area contributed by atoms with Crippen LogP contribution in [0.15, 0.2) is 16.7 Å². The summed E-state index contributed by atoms with van der Waals surface area (Å²) in [6.45, 7) is 8.17. The summed E-state index contributed by atoms with van der Waals surface area (Å²) < 4.78 is 11.0. The number of likely N-dealkylation sites (tertiary alicyclic amines) is 1. The van der Waals surface area contributed by atoms with E-state index in [1.54, 1.807) is 7.11 Å². The maximum absolute atomic E-state index is 5.61. The van der Waals surface area contributed by atoms with Crippen molar-refractivity contribution >= 4 is 0 Å². The summed E-state index contributed by atoms with van der Waals surface area (Å²) in [5.41, 5.74) is 1.22. The Morgan fingerprint density at radius 1 is 1.56 bits per heavy atom. The predicted octanol–water partition coefficient (Wildman–Crippen LogP) is 2.00. The van der Waals surface area contributed by atoms with E-state index in [9.17, 15) is 0 Å². The van der Waals surface area contributed by atoms with Crippen molar-refractivity contribution in [2.45, 2.75) is 45.5 Å². The van der Waals surface area contributed by atoms with Gasteiger partial charge in [-0.25, -0.2) is 0 Å². The second kappa shape index (κ2) is 6.36. The lowest BCUT2D eigenvalue weighted by Gasteiger charge is -2.13. The van der Waals surface area contributed by atoms with Gasteiger partial charge in [0, 0.05) is 38.3 Å². The Kier molecular flexibility index (Phi) is 4.80. The van der Waals surface area contributed by atoms with Gasteiger partial charge < -0.3 is 14.5 Å². The maximum Gasteiger partial charge on any atom is 0.118 e. The van der Waals surface area contributed by atoms with Gasteiger partial charge in [0.25, 0.3) is 0 Å². The van der Waals surface area contributed by atoms with Crippen molar-refractivity contribution in [2.24, 2.45) is 0 Å². The molecule has 0 radical (unpaired) electrons. The fourth-order valence-corrected chi connectivity index (χ4v) is 2.28. The van der Waals surface area contributed by atoms with Gasteiger partial charge in [0.2, 0.25) is 0 Å². The van der Waals surface area contributed by atoms with Crippen LogP contribution in [0.1, 0.15) is 31.6 Å². The van der Waals surface area contributed by atoms with Gasteiger partial charge in [-0.15, -0.1) is 0 Å². The van der Waals surface area contributed by atoms with Crippen LogP contribution in [0.25, 0.3) is 0 Å². The molecule has 1 aliphatic heterocycles. The Balaban J connectivity index is 1.80. The Morgan fingerprint density at radius 3 is 3.06 bits per heavy atom. The summed E-state index contributed by atoms with van der Waals surface area (Å²) >= 11 is 0. The van der Waals surface area contributed by atoms with E-state index in [4.69, 9.17) is 9.15 Å². The van der Waals surface area contributed by atoms with Crippen LogP contribution >= 0.6 is 0 Å². The average Bonchev–Trinajstić information content (AvgIpc) is 2.96. The molecular weight excluding hydrogens is 228 g/mol. The summed E-state index contributed by atoms with van der Waals surface area (Å²) in [7, 11) is 1.79. The molecule has 1 aromatic rings. The maximum atomic E-state index is 5.61. The number of hydrogen-bond donors (Lipinski definition) is 1. The van der Waals surface area contributed by atoms with Crippen LogP contribution < -0.4 is 5.32 Å². The Labute approximate surface area is 109 Å². The molecule has 1 N–H and O–H groups in total. The minimum absolute atomic E-state index is 0.391. The minimum atomic E-state index is 0.391. The molecule has 1 saturated heterocycles.